The van der Waals surface area contributed by atoms with Gasteiger partial charge in [-0.3, -0.25) is 0 Å². The Morgan fingerprint density at radius 1 is 1.35 bits per heavy atom. The van der Waals surface area contributed by atoms with Gasteiger partial charge in [0.2, 0.25) is 5.88 Å². The minimum absolute atomic E-state index is 0.461. The summed E-state index contributed by atoms with van der Waals surface area (Å²) in [6, 6.07) is 7.07. The van der Waals surface area contributed by atoms with Crippen LogP contribution in [0, 0.1) is 6.92 Å². The van der Waals surface area contributed by atoms with Crippen LogP contribution in [0.4, 0.5) is 5.69 Å². The normalized spacial score (nSPS) is 10.3. The molecule has 0 saturated carbocycles. The van der Waals surface area contributed by atoms with E-state index in [0.717, 1.165) is 10.0 Å². The highest BCUT2D eigenvalue weighted by Crippen LogP contribution is 2.33. The molecule has 0 spiro atoms. The van der Waals surface area contributed by atoms with Crippen molar-refractivity contribution in [1.29, 1.82) is 0 Å². The van der Waals surface area contributed by atoms with Crippen molar-refractivity contribution in [1.82, 2.24) is 4.98 Å². The first-order chi connectivity index (χ1) is 8.06. The summed E-state index contributed by atoms with van der Waals surface area (Å²) in [4.78, 5) is 4.05. The van der Waals surface area contributed by atoms with Gasteiger partial charge in [0.1, 0.15) is 5.75 Å². The van der Waals surface area contributed by atoms with Crippen molar-refractivity contribution in [3.05, 3.63) is 45.5 Å². The van der Waals surface area contributed by atoms with Crippen LogP contribution in [0.5, 0.6) is 11.6 Å². The molecule has 2 N–H and O–H groups in total. The molecule has 0 bridgehead atoms. The molecule has 0 aliphatic heterocycles. The molecule has 3 nitrogen and oxygen atoms in total. The van der Waals surface area contributed by atoms with Crippen LogP contribution >= 0.6 is 27.5 Å². The van der Waals surface area contributed by atoms with E-state index in [1.165, 1.54) is 6.20 Å². The van der Waals surface area contributed by atoms with E-state index in [9.17, 15) is 0 Å². The number of aryl methyl sites for hydroxylation is 1. The number of pyridine rings is 1. The fraction of sp³-hybridized carbons (Fsp3) is 0.0833. The van der Waals surface area contributed by atoms with E-state index in [1.54, 1.807) is 18.2 Å². The molecule has 0 aliphatic rings. The van der Waals surface area contributed by atoms with Gasteiger partial charge in [0, 0.05) is 10.5 Å². The summed E-state index contributed by atoms with van der Waals surface area (Å²) in [5, 5.41) is 0.529. The summed E-state index contributed by atoms with van der Waals surface area (Å²) >= 11 is 9.48. The second-order valence-electron chi connectivity index (χ2n) is 3.56. The van der Waals surface area contributed by atoms with Gasteiger partial charge < -0.3 is 10.5 Å². The van der Waals surface area contributed by atoms with Gasteiger partial charge in [0.25, 0.3) is 0 Å². The third-order valence-corrected chi connectivity index (χ3v) is 3.34. The van der Waals surface area contributed by atoms with E-state index in [4.69, 9.17) is 22.1 Å². The number of hydrogen-bond acceptors (Lipinski definition) is 3. The molecule has 0 atom stereocenters. The number of aromatic nitrogens is 1. The van der Waals surface area contributed by atoms with E-state index in [0.29, 0.717) is 22.3 Å². The summed E-state index contributed by atoms with van der Waals surface area (Å²) in [6.45, 7) is 1.96. The number of rotatable bonds is 2. The van der Waals surface area contributed by atoms with Gasteiger partial charge in [-0.2, -0.15) is 0 Å². The zero-order valence-corrected chi connectivity index (χ0v) is 11.4. The van der Waals surface area contributed by atoms with Crippen LogP contribution in [0.15, 0.2) is 34.9 Å². The van der Waals surface area contributed by atoms with Crippen LogP contribution in [-0.2, 0) is 0 Å². The van der Waals surface area contributed by atoms with Gasteiger partial charge in [-0.15, -0.1) is 0 Å². The van der Waals surface area contributed by atoms with Gasteiger partial charge in [0.05, 0.1) is 16.9 Å². The first-order valence-corrected chi connectivity index (χ1v) is 6.08. The van der Waals surface area contributed by atoms with E-state index < -0.39 is 0 Å². The molecule has 17 heavy (non-hydrogen) atoms. The third kappa shape index (κ3) is 2.90. The zero-order chi connectivity index (χ0) is 12.4. The van der Waals surface area contributed by atoms with Gasteiger partial charge in [0.15, 0.2) is 0 Å². The summed E-state index contributed by atoms with van der Waals surface area (Å²) in [5.41, 5.74) is 7.18. The van der Waals surface area contributed by atoms with Crippen LogP contribution in [-0.4, -0.2) is 4.98 Å². The lowest BCUT2D eigenvalue weighted by Crippen LogP contribution is -1.91. The molecule has 2 aromatic rings. The van der Waals surface area contributed by atoms with Crippen molar-refractivity contribution in [2.24, 2.45) is 0 Å². The Morgan fingerprint density at radius 3 is 2.76 bits per heavy atom. The average molecular weight is 314 g/mol. The fourth-order valence-corrected chi connectivity index (χ4v) is 1.95. The number of benzene rings is 1. The molecule has 1 aromatic carbocycles. The molecule has 1 aromatic heterocycles. The molecule has 0 radical (unpaired) electrons. The van der Waals surface area contributed by atoms with Crippen LogP contribution in [0.1, 0.15) is 5.56 Å². The molecule has 0 unspecified atom stereocenters. The third-order valence-electron chi connectivity index (χ3n) is 2.19. The van der Waals surface area contributed by atoms with Crippen molar-refractivity contribution < 1.29 is 4.74 Å². The Bertz CT molecular complexity index is 543. The minimum Gasteiger partial charge on any atom is -0.437 e. The largest absolute Gasteiger partial charge is 0.437 e. The van der Waals surface area contributed by atoms with E-state index in [-0.39, 0.29) is 0 Å². The number of nitrogens with two attached hydrogens (primary N) is 1. The second kappa shape index (κ2) is 4.94. The maximum Gasteiger partial charge on any atom is 0.219 e. The molecular weight excluding hydrogens is 304 g/mol. The van der Waals surface area contributed by atoms with Crippen LogP contribution in [0.3, 0.4) is 0 Å². The van der Waals surface area contributed by atoms with Crippen LogP contribution in [0.25, 0.3) is 0 Å². The molecule has 1 heterocycles. The lowest BCUT2D eigenvalue weighted by Gasteiger charge is -2.08. The Morgan fingerprint density at radius 2 is 2.12 bits per heavy atom. The van der Waals surface area contributed by atoms with Crippen molar-refractivity contribution in [3.8, 4) is 11.6 Å². The van der Waals surface area contributed by atoms with Crippen molar-refractivity contribution in [2.45, 2.75) is 6.92 Å². The maximum absolute atomic E-state index is 6.08. The highest BCUT2D eigenvalue weighted by Gasteiger charge is 2.07. The van der Waals surface area contributed by atoms with Crippen molar-refractivity contribution in [2.75, 3.05) is 5.73 Å². The first kappa shape index (κ1) is 12.2. The second-order valence-corrected chi connectivity index (χ2v) is 4.83. The highest BCUT2D eigenvalue weighted by atomic mass is 79.9. The Kier molecular flexibility index (Phi) is 3.54. The number of halogens is 2. The number of nitrogens with zero attached hydrogens (tertiary/aromatic N) is 1. The quantitative estimate of drug-likeness (QED) is 0.904. The minimum atomic E-state index is 0.461. The van der Waals surface area contributed by atoms with E-state index in [2.05, 4.69) is 20.9 Å². The molecule has 0 fully saturated rings. The Labute approximate surface area is 113 Å². The standard InChI is InChI=1S/C12H10BrClN2O/c1-7-4-11(10(14)5-9(7)13)17-12-3-2-8(15)6-16-12/h2-6H,15H2,1H3. The van der Waals surface area contributed by atoms with Crippen molar-refractivity contribution in [3.63, 3.8) is 0 Å². The van der Waals surface area contributed by atoms with Gasteiger partial charge in [-0.25, -0.2) is 4.98 Å². The first-order valence-electron chi connectivity index (χ1n) is 4.91. The number of ether oxygens (including phenoxy) is 1. The van der Waals surface area contributed by atoms with Crippen molar-refractivity contribution >= 4 is 33.2 Å². The predicted octanol–water partition coefficient (Wildman–Crippen LogP) is 4.18. The van der Waals surface area contributed by atoms with Crippen LogP contribution in [0.2, 0.25) is 5.02 Å². The maximum atomic E-state index is 6.08. The smallest absolute Gasteiger partial charge is 0.219 e. The molecule has 2 rings (SSSR count). The zero-order valence-electron chi connectivity index (χ0n) is 9.08. The Balaban J connectivity index is 2.30. The predicted molar refractivity (Wildman–Crippen MR) is 72.6 cm³/mol. The molecule has 0 amide bonds. The molecule has 88 valence electrons. The number of anilines is 1. The molecule has 0 aliphatic carbocycles. The molecular formula is C12H10BrClN2O. The molecule has 0 saturated heterocycles. The van der Waals surface area contributed by atoms with E-state index >= 15 is 0 Å². The van der Waals surface area contributed by atoms with Gasteiger partial charge in [-0.05, 0) is 30.7 Å². The SMILES string of the molecule is Cc1cc(Oc2ccc(N)cn2)c(Cl)cc1Br. The molecule has 5 heteroatoms. The summed E-state index contributed by atoms with van der Waals surface area (Å²) < 4.78 is 6.53. The number of hydrogen-bond donors (Lipinski definition) is 1. The van der Waals surface area contributed by atoms with Gasteiger partial charge >= 0.3 is 0 Å². The topological polar surface area (TPSA) is 48.1 Å². The summed E-state index contributed by atoms with van der Waals surface area (Å²) in [5.74, 6) is 1.03. The van der Waals surface area contributed by atoms with E-state index in [1.807, 2.05) is 13.0 Å². The Hall–Kier alpha value is -1.26. The lowest BCUT2D eigenvalue weighted by molar-refractivity contribution is 0.463. The monoisotopic (exact) mass is 312 g/mol. The fourth-order valence-electron chi connectivity index (χ4n) is 1.27. The number of nitrogen functional groups attached to an aromatic ring is 1. The highest BCUT2D eigenvalue weighted by molar-refractivity contribution is 9.10. The summed E-state index contributed by atoms with van der Waals surface area (Å²) in [7, 11) is 0. The average Bonchev–Trinajstić information content (AvgIpc) is 2.29. The summed E-state index contributed by atoms with van der Waals surface area (Å²) in [6.07, 6.45) is 1.54. The van der Waals surface area contributed by atoms with Crippen LogP contribution < -0.4 is 10.5 Å². The lowest BCUT2D eigenvalue weighted by atomic mass is 10.2. The van der Waals surface area contributed by atoms with Gasteiger partial charge in [-0.1, -0.05) is 27.5 Å².